The van der Waals surface area contributed by atoms with Gasteiger partial charge < -0.3 is 14.8 Å². The van der Waals surface area contributed by atoms with Crippen LogP contribution in [-0.4, -0.2) is 31.3 Å². The maximum atomic E-state index is 5.83. The smallest absolute Gasteiger partial charge is 0.165 e. The molecule has 1 aromatic rings. The zero-order valence-corrected chi connectivity index (χ0v) is 12.0. The van der Waals surface area contributed by atoms with Crippen molar-refractivity contribution in [3.8, 4) is 11.5 Å². The highest BCUT2D eigenvalue weighted by Gasteiger charge is 2.16. The molecule has 2 aliphatic rings. The van der Waals surface area contributed by atoms with Crippen LogP contribution in [0.5, 0.6) is 11.5 Å². The van der Waals surface area contributed by atoms with Gasteiger partial charge in [0.2, 0.25) is 0 Å². The van der Waals surface area contributed by atoms with Gasteiger partial charge in [0.05, 0.1) is 13.2 Å². The molecule has 0 radical (unpaired) electrons. The fourth-order valence-electron chi connectivity index (χ4n) is 2.55. The van der Waals surface area contributed by atoms with Gasteiger partial charge in [0.25, 0.3) is 0 Å². The number of thioether (sulfide) groups is 1. The van der Waals surface area contributed by atoms with Gasteiger partial charge in [-0.2, -0.15) is 11.8 Å². The minimum atomic E-state index is 0.753. The Hall–Kier alpha value is -0.870. The Balaban J connectivity index is 1.60. The number of para-hydroxylation sites is 1. The van der Waals surface area contributed by atoms with E-state index in [1.165, 1.54) is 23.5 Å². The summed E-state index contributed by atoms with van der Waals surface area (Å²) in [6.07, 6.45) is 2.31. The van der Waals surface area contributed by atoms with Crippen molar-refractivity contribution in [2.75, 3.05) is 31.3 Å². The lowest BCUT2D eigenvalue weighted by molar-refractivity contribution is 0.296. The topological polar surface area (TPSA) is 30.5 Å². The van der Waals surface area contributed by atoms with Crippen LogP contribution >= 0.6 is 11.8 Å². The van der Waals surface area contributed by atoms with Gasteiger partial charge in [-0.15, -0.1) is 0 Å². The molecule has 1 fully saturated rings. The maximum Gasteiger partial charge on any atom is 0.165 e. The van der Waals surface area contributed by atoms with E-state index in [0.29, 0.717) is 0 Å². The molecule has 0 bridgehead atoms. The Labute approximate surface area is 119 Å². The standard InChI is InChI=1S/C15H21NO2S/c1-3-13(10-16-9-12-5-8-19-11-12)15-14(4-1)17-6-2-7-18-15/h1,3-4,12,16H,2,5-11H2. The molecule has 0 aliphatic carbocycles. The molecule has 0 spiro atoms. The van der Waals surface area contributed by atoms with Crippen LogP contribution in [0.1, 0.15) is 18.4 Å². The highest BCUT2D eigenvalue weighted by atomic mass is 32.2. The molecule has 2 aliphatic heterocycles. The van der Waals surface area contributed by atoms with E-state index in [1.807, 2.05) is 6.07 Å². The molecule has 1 aromatic carbocycles. The minimum absolute atomic E-state index is 0.753. The van der Waals surface area contributed by atoms with Crippen molar-refractivity contribution in [3.05, 3.63) is 23.8 Å². The Bertz CT molecular complexity index is 419. The summed E-state index contributed by atoms with van der Waals surface area (Å²) in [5, 5.41) is 3.57. The molecule has 19 heavy (non-hydrogen) atoms. The summed E-state index contributed by atoms with van der Waals surface area (Å²) < 4.78 is 11.5. The molecule has 1 saturated heterocycles. The second-order valence-corrected chi connectivity index (χ2v) is 6.31. The van der Waals surface area contributed by atoms with E-state index in [9.17, 15) is 0 Å². The van der Waals surface area contributed by atoms with Crippen LogP contribution in [0.3, 0.4) is 0 Å². The summed E-state index contributed by atoms with van der Waals surface area (Å²) in [4.78, 5) is 0. The van der Waals surface area contributed by atoms with Crippen molar-refractivity contribution in [2.24, 2.45) is 5.92 Å². The van der Waals surface area contributed by atoms with E-state index in [4.69, 9.17) is 9.47 Å². The van der Waals surface area contributed by atoms with E-state index in [1.54, 1.807) is 0 Å². The average Bonchev–Trinajstić information content (AvgIpc) is 2.82. The van der Waals surface area contributed by atoms with Crippen LogP contribution in [0.2, 0.25) is 0 Å². The predicted molar refractivity (Wildman–Crippen MR) is 79.2 cm³/mol. The van der Waals surface area contributed by atoms with Crippen LogP contribution in [0.4, 0.5) is 0 Å². The lowest BCUT2D eigenvalue weighted by Crippen LogP contribution is -2.22. The van der Waals surface area contributed by atoms with Crippen LogP contribution in [0, 0.1) is 5.92 Å². The molecule has 0 saturated carbocycles. The zero-order valence-electron chi connectivity index (χ0n) is 11.2. The van der Waals surface area contributed by atoms with Gasteiger partial charge in [-0.25, -0.2) is 0 Å². The Kier molecular flexibility index (Phi) is 4.51. The van der Waals surface area contributed by atoms with Crippen molar-refractivity contribution in [2.45, 2.75) is 19.4 Å². The summed E-state index contributed by atoms with van der Waals surface area (Å²) in [6.45, 7) is 3.48. The quantitative estimate of drug-likeness (QED) is 0.918. The summed E-state index contributed by atoms with van der Waals surface area (Å²) in [5.41, 5.74) is 1.21. The van der Waals surface area contributed by atoms with E-state index in [2.05, 4.69) is 29.2 Å². The molecular weight excluding hydrogens is 258 g/mol. The van der Waals surface area contributed by atoms with Gasteiger partial charge >= 0.3 is 0 Å². The monoisotopic (exact) mass is 279 g/mol. The fourth-order valence-corrected chi connectivity index (χ4v) is 3.83. The summed E-state index contributed by atoms with van der Waals surface area (Å²) in [6, 6.07) is 6.18. The van der Waals surface area contributed by atoms with Crippen LogP contribution < -0.4 is 14.8 Å². The molecule has 1 unspecified atom stereocenters. The average molecular weight is 279 g/mol. The van der Waals surface area contributed by atoms with Crippen molar-refractivity contribution in [3.63, 3.8) is 0 Å². The lowest BCUT2D eigenvalue weighted by atomic mass is 10.1. The number of fused-ring (bicyclic) bond motifs is 1. The largest absolute Gasteiger partial charge is 0.490 e. The molecule has 1 N–H and O–H groups in total. The van der Waals surface area contributed by atoms with Gasteiger partial charge in [0.1, 0.15) is 0 Å². The van der Waals surface area contributed by atoms with Crippen LogP contribution in [0.15, 0.2) is 18.2 Å². The Morgan fingerprint density at radius 2 is 2.21 bits per heavy atom. The van der Waals surface area contributed by atoms with E-state index < -0.39 is 0 Å². The van der Waals surface area contributed by atoms with Gasteiger partial charge in [-0.3, -0.25) is 0 Å². The highest BCUT2D eigenvalue weighted by Crippen LogP contribution is 2.33. The fraction of sp³-hybridized carbons (Fsp3) is 0.600. The third-order valence-corrected chi connectivity index (χ3v) is 4.86. The normalized spacial score (nSPS) is 22.2. The Morgan fingerprint density at radius 3 is 3.11 bits per heavy atom. The maximum absolute atomic E-state index is 5.83. The SMILES string of the molecule is c1cc(CNCC2CCSC2)c2c(c1)OCCCO2. The van der Waals surface area contributed by atoms with E-state index in [0.717, 1.165) is 50.1 Å². The van der Waals surface area contributed by atoms with E-state index >= 15 is 0 Å². The number of nitrogens with one attached hydrogen (secondary N) is 1. The predicted octanol–water partition coefficient (Wildman–Crippen LogP) is 2.69. The molecule has 2 heterocycles. The molecule has 0 amide bonds. The number of benzene rings is 1. The van der Waals surface area contributed by atoms with Gasteiger partial charge in [-0.05, 0) is 36.5 Å². The van der Waals surface area contributed by atoms with Gasteiger partial charge in [-0.1, -0.05) is 12.1 Å². The van der Waals surface area contributed by atoms with Crippen molar-refractivity contribution in [1.82, 2.24) is 5.32 Å². The molecule has 1 atom stereocenters. The minimum Gasteiger partial charge on any atom is -0.490 e. The number of hydrogen-bond acceptors (Lipinski definition) is 4. The number of rotatable bonds is 4. The number of hydrogen-bond donors (Lipinski definition) is 1. The molecule has 3 nitrogen and oxygen atoms in total. The third kappa shape index (κ3) is 3.37. The lowest BCUT2D eigenvalue weighted by Gasteiger charge is -2.14. The second-order valence-electron chi connectivity index (χ2n) is 5.16. The first kappa shape index (κ1) is 13.1. The van der Waals surface area contributed by atoms with Crippen LogP contribution in [-0.2, 0) is 6.54 Å². The highest BCUT2D eigenvalue weighted by molar-refractivity contribution is 7.99. The first-order valence-electron chi connectivity index (χ1n) is 7.09. The first-order chi connectivity index (χ1) is 9.43. The van der Waals surface area contributed by atoms with Crippen molar-refractivity contribution in [1.29, 1.82) is 0 Å². The summed E-state index contributed by atoms with van der Waals surface area (Å²) in [7, 11) is 0. The van der Waals surface area contributed by atoms with Crippen molar-refractivity contribution >= 4 is 11.8 Å². The van der Waals surface area contributed by atoms with Gasteiger partial charge in [0, 0.05) is 18.5 Å². The summed E-state index contributed by atoms with van der Waals surface area (Å²) >= 11 is 2.07. The molecule has 3 rings (SSSR count). The van der Waals surface area contributed by atoms with E-state index in [-0.39, 0.29) is 0 Å². The third-order valence-electron chi connectivity index (χ3n) is 3.63. The molecule has 0 aromatic heterocycles. The Morgan fingerprint density at radius 1 is 1.26 bits per heavy atom. The van der Waals surface area contributed by atoms with Crippen LogP contribution in [0.25, 0.3) is 0 Å². The molecular formula is C15H21NO2S. The molecule has 104 valence electrons. The van der Waals surface area contributed by atoms with Gasteiger partial charge in [0.15, 0.2) is 11.5 Å². The first-order valence-corrected chi connectivity index (χ1v) is 8.25. The zero-order chi connectivity index (χ0) is 12.9. The summed E-state index contributed by atoms with van der Waals surface area (Å²) in [5.74, 6) is 5.30. The van der Waals surface area contributed by atoms with Crippen molar-refractivity contribution < 1.29 is 9.47 Å². The molecule has 4 heteroatoms. The number of ether oxygens (including phenoxy) is 2. The second kappa shape index (κ2) is 6.53.